The van der Waals surface area contributed by atoms with E-state index < -0.39 is 11.9 Å². The first-order chi connectivity index (χ1) is 14.1. The molecule has 146 valence electrons. The quantitative estimate of drug-likeness (QED) is 0.540. The van der Waals surface area contributed by atoms with Gasteiger partial charge in [0.1, 0.15) is 17.3 Å². The molecule has 1 atom stereocenters. The number of hydrogen-bond acceptors (Lipinski definition) is 8. The second-order valence-electron chi connectivity index (χ2n) is 6.13. The van der Waals surface area contributed by atoms with E-state index in [2.05, 4.69) is 25.8 Å². The van der Waals surface area contributed by atoms with Gasteiger partial charge in [-0.3, -0.25) is 14.9 Å². The molecule has 4 rings (SSSR count). The van der Waals surface area contributed by atoms with Gasteiger partial charge in [-0.15, -0.1) is 15.3 Å². The average Bonchev–Trinajstić information content (AvgIpc) is 3.22. The van der Waals surface area contributed by atoms with Crippen LogP contribution in [0.4, 0.5) is 5.13 Å². The Bertz CT molecular complexity index is 1250. The highest BCUT2D eigenvalue weighted by molar-refractivity contribution is 7.18. The number of nitrogens with one attached hydrogen (secondary N) is 1. The van der Waals surface area contributed by atoms with E-state index in [9.17, 15) is 9.59 Å². The van der Waals surface area contributed by atoms with Crippen LogP contribution in [0.1, 0.15) is 13.0 Å². The van der Waals surface area contributed by atoms with Crippen LogP contribution in [0, 0.1) is 0 Å². The van der Waals surface area contributed by atoms with E-state index in [-0.39, 0.29) is 5.56 Å². The third kappa shape index (κ3) is 3.57. The van der Waals surface area contributed by atoms with Crippen molar-refractivity contribution < 1.29 is 9.53 Å². The Labute approximate surface area is 169 Å². The van der Waals surface area contributed by atoms with E-state index in [1.165, 1.54) is 11.3 Å². The van der Waals surface area contributed by atoms with Gasteiger partial charge >= 0.3 is 0 Å². The Balaban J connectivity index is 1.57. The molecule has 0 spiro atoms. The lowest BCUT2D eigenvalue weighted by molar-refractivity contribution is -0.119. The fourth-order valence-corrected chi connectivity index (χ4v) is 3.56. The standard InChI is InChI=1S/C19H16N6O3S/c1-11(25-18(27)12-7-3-5-9-14(12)21-24-25)16(26)20-19-23-22-17(29-19)13-8-4-6-10-15(13)28-2/h3-11H,1-2H3,(H,20,23,26)/t11-/m1/s1. The van der Waals surface area contributed by atoms with Crippen LogP contribution in [-0.2, 0) is 4.79 Å². The molecule has 2 aromatic carbocycles. The van der Waals surface area contributed by atoms with E-state index in [1.54, 1.807) is 38.3 Å². The summed E-state index contributed by atoms with van der Waals surface area (Å²) < 4.78 is 6.39. The molecule has 0 aliphatic carbocycles. The van der Waals surface area contributed by atoms with Gasteiger partial charge in [-0.05, 0) is 31.2 Å². The van der Waals surface area contributed by atoms with Gasteiger partial charge < -0.3 is 4.74 Å². The topological polar surface area (TPSA) is 112 Å². The molecule has 4 aromatic rings. The largest absolute Gasteiger partial charge is 0.496 e. The normalized spacial score (nSPS) is 11.9. The summed E-state index contributed by atoms with van der Waals surface area (Å²) in [6.45, 7) is 1.57. The molecule has 0 bridgehead atoms. The second-order valence-corrected chi connectivity index (χ2v) is 7.11. The number of carbonyl (C=O) groups excluding carboxylic acids is 1. The summed E-state index contributed by atoms with van der Waals surface area (Å²) in [4.78, 5) is 25.3. The summed E-state index contributed by atoms with van der Waals surface area (Å²) in [5.74, 6) is 0.215. The maximum atomic E-state index is 12.6. The molecule has 0 unspecified atom stereocenters. The Morgan fingerprint density at radius 3 is 2.69 bits per heavy atom. The highest BCUT2D eigenvalue weighted by Gasteiger charge is 2.21. The van der Waals surface area contributed by atoms with Crippen LogP contribution in [-0.4, -0.2) is 38.2 Å². The van der Waals surface area contributed by atoms with Gasteiger partial charge in [-0.2, -0.15) is 4.68 Å². The number of ether oxygens (including phenoxy) is 1. The van der Waals surface area contributed by atoms with Crippen LogP contribution >= 0.6 is 11.3 Å². The first-order valence-corrected chi connectivity index (χ1v) is 9.52. The highest BCUT2D eigenvalue weighted by Crippen LogP contribution is 2.33. The summed E-state index contributed by atoms with van der Waals surface area (Å²) in [6.07, 6.45) is 0. The molecular weight excluding hydrogens is 392 g/mol. The van der Waals surface area contributed by atoms with Crippen LogP contribution in [0.2, 0.25) is 0 Å². The van der Waals surface area contributed by atoms with Crippen LogP contribution in [0.25, 0.3) is 21.5 Å². The molecule has 0 radical (unpaired) electrons. The predicted octanol–water partition coefficient (Wildman–Crippen LogP) is 2.52. The molecule has 0 saturated carbocycles. The maximum Gasteiger partial charge on any atom is 0.278 e. The van der Waals surface area contributed by atoms with Crippen LogP contribution in [0.15, 0.2) is 53.3 Å². The first kappa shape index (κ1) is 18.7. The van der Waals surface area contributed by atoms with Gasteiger partial charge in [-0.25, -0.2) is 0 Å². The van der Waals surface area contributed by atoms with E-state index >= 15 is 0 Å². The number of para-hydroxylation sites is 1. The van der Waals surface area contributed by atoms with Crippen molar-refractivity contribution in [3.63, 3.8) is 0 Å². The van der Waals surface area contributed by atoms with Gasteiger partial charge in [0.15, 0.2) is 5.01 Å². The number of amides is 1. The summed E-state index contributed by atoms with van der Waals surface area (Å²) in [5, 5.41) is 20.0. The number of rotatable bonds is 5. The molecule has 29 heavy (non-hydrogen) atoms. The van der Waals surface area contributed by atoms with Crippen LogP contribution in [0.3, 0.4) is 0 Å². The predicted molar refractivity (Wildman–Crippen MR) is 109 cm³/mol. The number of methoxy groups -OCH3 is 1. The van der Waals surface area contributed by atoms with Gasteiger partial charge in [0.2, 0.25) is 5.13 Å². The van der Waals surface area contributed by atoms with Gasteiger partial charge in [0.25, 0.3) is 11.5 Å². The summed E-state index contributed by atoms with van der Waals surface area (Å²) in [7, 11) is 1.58. The zero-order valence-electron chi connectivity index (χ0n) is 15.6. The van der Waals surface area contributed by atoms with E-state index in [4.69, 9.17) is 4.74 Å². The molecule has 9 nitrogen and oxygen atoms in total. The fourth-order valence-electron chi connectivity index (χ4n) is 2.78. The van der Waals surface area contributed by atoms with E-state index in [0.29, 0.717) is 26.8 Å². The molecule has 0 aliphatic heterocycles. The summed E-state index contributed by atoms with van der Waals surface area (Å²) >= 11 is 1.21. The number of fused-ring (bicyclic) bond motifs is 1. The summed E-state index contributed by atoms with van der Waals surface area (Å²) in [5.41, 5.74) is 0.870. The SMILES string of the molecule is COc1ccccc1-c1nnc(NC(=O)[C@@H](C)n2nnc3ccccc3c2=O)s1. The lowest BCUT2D eigenvalue weighted by Crippen LogP contribution is -2.34. The van der Waals surface area contributed by atoms with Gasteiger partial charge in [-0.1, -0.05) is 40.8 Å². The molecule has 2 heterocycles. The fraction of sp³-hybridized carbons (Fsp3) is 0.158. The number of hydrogen-bond donors (Lipinski definition) is 1. The zero-order valence-corrected chi connectivity index (χ0v) is 16.4. The van der Waals surface area contributed by atoms with Crippen molar-refractivity contribution in [1.82, 2.24) is 25.2 Å². The van der Waals surface area contributed by atoms with Gasteiger partial charge in [0, 0.05) is 0 Å². The zero-order chi connectivity index (χ0) is 20.4. The molecule has 1 N–H and O–H groups in total. The Morgan fingerprint density at radius 1 is 1.10 bits per heavy atom. The number of aromatic nitrogens is 5. The molecule has 1 amide bonds. The van der Waals surface area contributed by atoms with Crippen LogP contribution in [0.5, 0.6) is 5.75 Å². The van der Waals surface area contributed by atoms with Gasteiger partial charge in [0.05, 0.1) is 18.1 Å². The molecule has 0 fully saturated rings. The van der Waals surface area contributed by atoms with Crippen LogP contribution < -0.4 is 15.6 Å². The molecule has 0 aliphatic rings. The second kappa shape index (κ2) is 7.76. The van der Waals surface area contributed by atoms with Crippen molar-refractivity contribution in [2.75, 3.05) is 12.4 Å². The number of anilines is 1. The Hall–Kier alpha value is -3.66. The first-order valence-electron chi connectivity index (χ1n) is 8.70. The average molecular weight is 408 g/mol. The molecule has 2 aromatic heterocycles. The smallest absolute Gasteiger partial charge is 0.278 e. The highest BCUT2D eigenvalue weighted by atomic mass is 32.1. The number of benzene rings is 2. The third-order valence-corrected chi connectivity index (χ3v) is 5.20. The van der Waals surface area contributed by atoms with Crippen molar-refractivity contribution in [2.24, 2.45) is 0 Å². The van der Waals surface area contributed by atoms with E-state index in [1.807, 2.05) is 24.3 Å². The lowest BCUT2D eigenvalue weighted by atomic mass is 10.2. The molecule has 10 heteroatoms. The van der Waals surface area contributed by atoms with E-state index in [0.717, 1.165) is 10.2 Å². The van der Waals surface area contributed by atoms with Crippen molar-refractivity contribution in [3.05, 3.63) is 58.9 Å². The maximum absolute atomic E-state index is 12.6. The van der Waals surface area contributed by atoms with Crippen molar-refractivity contribution >= 4 is 33.3 Å². The van der Waals surface area contributed by atoms with Crippen molar-refractivity contribution in [2.45, 2.75) is 13.0 Å². The van der Waals surface area contributed by atoms with Crippen molar-refractivity contribution in [1.29, 1.82) is 0 Å². The minimum atomic E-state index is -0.877. The Morgan fingerprint density at radius 2 is 1.86 bits per heavy atom. The molecule has 0 saturated heterocycles. The number of carbonyl (C=O) groups is 1. The van der Waals surface area contributed by atoms with Crippen molar-refractivity contribution in [3.8, 4) is 16.3 Å². The lowest BCUT2D eigenvalue weighted by Gasteiger charge is -2.12. The summed E-state index contributed by atoms with van der Waals surface area (Å²) in [6, 6.07) is 13.4. The monoisotopic (exact) mass is 408 g/mol. The number of nitrogens with zero attached hydrogens (tertiary/aromatic N) is 5. The Kier molecular flexibility index (Phi) is 5.00. The minimum Gasteiger partial charge on any atom is -0.496 e. The minimum absolute atomic E-state index is 0.310. The molecular formula is C19H16N6O3S. The third-order valence-electron chi connectivity index (χ3n) is 4.33.